The van der Waals surface area contributed by atoms with Crippen molar-refractivity contribution >= 4 is 55.0 Å². The number of nitrogens with two attached hydrogens (primary N) is 1. The van der Waals surface area contributed by atoms with Gasteiger partial charge in [-0.15, -0.1) is 23.1 Å². The van der Waals surface area contributed by atoms with Crippen molar-refractivity contribution < 1.29 is 0 Å². The highest BCUT2D eigenvalue weighted by atomic mass is 79.9. The van der Waals surface area contributed by atoms with Gasteiger partial charge in [0.2, 0.25) is 0 Å². The van der Waals surface area contributed by atoms with Crippen LogP contribution in [0.5, 0.6) is 0 Å². The zero-order valence-corrected chi connectivity index (χ0v) is 14.9. The first-order valence-corrected chi connectivity index (χ1v) is 9.15. The van der Waals surface area contributed by atoms with Gasteiger partial charge in [-0.1, -0.05) is 22.0 Å². The number of nitrogens with one attached hydrogen (secondary N) is 1. The fourth-order valence-corrected chi connectivity index (χ4v) is 4.73. The SMILES string of the molecule is NNC(CSc1cccc(Br)c1)Cc1ccc(Br)s1. The second kappa shape index (κ2) is 7.81. The minimum absolute atomic E-state index is 0.273. The topological polar surface area (TPSA) is 38.0 Å². The van der Waals surface area contributed by atoms with Gasteiger partial charge in [0, 0.05) is 26.0 Å². The van der Waals surface area contributed by atoms with Crippen LogP contribution in [0.1, 0.15) is 4.88 Å². The first-order valence-electron chi connectivity index (χ1n) is 5.76. The maximum atomic E-state index is 5.64. The van der Waals surface area contributed by atoms with Crippen LogP contribution in [0.3, 0.4) is 0 Å². The van der Waals surface area contributed by atoms with Crippen molar-refractivity contribution in [3.63, 3.8) is 0 Å². The number of rotatable bonds is 6. The molecule has 0 spiro atoms. The van der Waals surface area contributed by atoms with Gasteiger partial charge in [0.1, 0.15) is 0 Å². The van der Waals surface area contributed by atoms with Crippen LogP contribution in [0.15, 0.2) is 49.6 Å². The standard InChI is InChI=1S/C13H14Br2N2S2/c14-9-2-1-3-11(6-9)18-8-10(17-16)7-12-4-5-13(15)19-12/h1-6,10,17H,7-8,16H2. The van der Waals surface area contributed by atoms with Crippen LogP contribution in [-0.4, -0.2) is 11.8 Å². The van der Waals surface area contributed by atoms with E-state index in [2.05, 4.69) is 61.6 Å². The first kappa shape index (κ1) is 15.5. The van der Waals surface area contributed by atoms with Crippen LogP contribution in [0.25, 0.3) is 0 Å². The molecule has 0 aliphatic carbocycles. The monoisotopic (exact) mass is 420 g/mol. The molecule has 1 aromatic heterocycles. The molecular formula is C13H14Br2N2S2. The molecule has 3 N–H and O–H groups in total. The molecule has 0 fully saturated rings. The normalized spacial score (nSPS) is 12.6. The summed E-state index contributed by atoms with van der Waals surface area (Å²) in [6.07, 6.45) is 0.952. The third-order valence-corrected chi connectivity index (χ3v) is 5.85. The summed E-state index contributed by atoms with van der Waals surface area (Å²) in [5.74, 6) is 6.59. The molecule has 2 rings (SSSR count). The van der Waals surface area contributed by atoms with Crippen molar-refractivity contribution in [1.82, 2.24) is 5.43 Å². The van der Waals surface area contributed by atoms with Crippen LogP contribution in [-0.2, 0) is 6.42 Å². The van der Waals surface area contributed by atoms with Gasteiger partial charge >= 0.3 is 0 Å². The van der Waals surface area contributed by atoms with E-state index < -0.39 is 0 Å². The average molecular weight is 422 g/mol. The van der Waals surface area contributed by atoms with E-state index in [0.29, 0.717) is 0 Å². The Morgan fingerprint density at radius 1 is 1.26 bits per heavy atom. The Bertz CT molecular complexity index is 531. The summed E-state index contributed by atoms with van der Waals surface area (Å²) < 4.78 is 2.27. The molecule has 1 unspecified atom stereocenters. The van der Waals surface area contributed by atoms with Crippen LogP contribution in [0.4, 0.5) is 0 Å². The first-order chi connectivity index (χ1) is 9.17. The van der Waals surface area contributed by atoms with Gasteiger partial charge in [-0.3, -0.25) is 11.3 Å². The highest BCUT2D eigenvalue weighted by Crippen LogP contribution is 2.26. The van der Waals surface area contributed by atoms with Gasteiger partial charge in [0.25, 0.3) is 0 Å². The smallest absolute Gasteiger partial charge is 0.0701 e. The van der Waals surface area contributed by atoms with E-state index in [9.17, 15) is 0 Å². The molecule has 0 aliphatic rings. The van der Waals surface area contributed by atoms with E-state index in [4.69, 9.17) is 5.84 Å². The molecule has 0 amide bonds. The molecule has 1 aromatic carbocycles. The second-order valence-electron chi connectivity index (χ2n) is 4.04. The summed E-state index contributed by atoms with van der Waals surface area (Å²) in [6, 6.07) is 12.8. The largest absolute Gasteiger partial charge is 0.271 e. The molecule has 2 aromatic rings. The third-order valence-electron chi connectivity index (χ3n) is 2.56. The summed E-state index contributed by atoms with van der Waals surface area (Å²) in [4.78, 5) is 2.59. The van der Waals surface area contributed by atoms with Crippen molar-refractivity contribution in [3.05, 3.63) is 49.5 Å². The highest BCUT2D eigenvalue weighted by Gasteiger charge is 2.10. The molecule has 0 aliphatic heterocycles. The van der Waals surface area contributed by atoms with Crippen molar-refractivity contribution in [1.29, 1.82) is 0 Å². The zero-order chi connectivity index (χ0) is 13.7. The minimum Gasteiger partial charge on any atom is -0.271 e. The van der Waals surface area contributed by atoms with Crippen molar-refractivity contribution in [2.75, 3.05) is 5.75 Å². The number of hydrogen-bond donors (Lipinski definition) is 2. The Labute approximate surface area is 138 Å². The fraction of sp³-hybridized carbons (Fsp3) is 0.231. The zero-order valence-electron chi connectivity index (χ0n) is 10.1. The Morgan fingerprint density at radius 3 is 2.74 bits per heavy atom. The maximum absolute atomic E-state index is 5.64. The number of hydrazine groups is 1. The van der Waals surface area contributed by atoms with E-state index in [1.54, 1.807) is 11.3 Å². The Hall–Kier alpha value is 0.150. The van der Waals surface area contributed by atoms with E-state index in [-0.39, 0.29) is 6.04 Å². The van der Waals surface area contributed by atoms with Gasteiger partial charge in [0.05, 0.1) is 3.79 Å². The molecular weight excluding hydrogens is 408 g/mol. The van der Waals surface area contributed by atoms with E-state index in [1.165, 1.54) is 9.77 Å². The Kier molecular flexibility index (Phi) is 6.38. The van der Waals surface area contributed by atoms with Crippen LogP contribution in [0, 0.1) is 0 Å². The van der Waals surface area contributed by atoms with Crippen LogP contribution >= 0.6 is 55.0 Å². The van der Waals surface area contributed by atoms with E-state index in [0.717, 1.165) is 20.4 Å². The molecule has 0 saturated heterocycles. The van der Waals surface area contributed by atoms with Crippen molar-refractivity contribution in [2.24, 2.45) is 5.84 Å². The molecule has 0 saturated carbocycles. The molecule has 1 heterocycles. The van der Waals surface area contributed by atoms with Crippen molar-refractivity contribution in [2.45, 2.75) is 17.4 Å². The number of halogens is 2. The lowest BCUT2D eigenvalue weighted by molar-refractivity contribution is 0.579. The quantitative estimate of drug-likeness (QED) is 0.411. The predicted molar refractivity (Wildman–Crippen MR) is 91.7 cm³/mol. The number of thiophene rings is 1. The second-order valence-corrected chi connectivity index (χ2v) is 8.60. The molecule has 6 heteroatoms. The average Bonchev–Trinajstić information content (AvgIpc) is 2.80. The summed E-state index contributed by atoms with van der Waals surface area (Å²) >= 11 is 10.5. The van der Waals surface area contributed by atoms with Gasteiger partial charge in [-0.05, 0) is 52.7 Å². The van der Waals surface area contributed by atoms with Gasteiger partial charge in [-0.2, -0.15) is 0 Å². The van der Waals surface area contributed by atoms with E-state index >= 15 is 0 Å². The summed E-state index contributed by atoms with van der Waals surface area (Å²) in [5.41, 5.74) is 2.90. The van der Waals surface area contributed by atoms with Crippen molar-refractivity contribution in [3.8, 4) is 0 Å². The minimum atomic E-state index is 0.273. The predicted octanol–water partition coefficient (Wildman–Crippen LogP) is 4.44. The number of thioether (sulfide) groups is 1. The van der Waals surface area contributed by atoms with Gasteiger partial charge in [-0.25, -0.2) is 0 Å². The summed E-state index contributed by atoms with van der Waals surface area (Å²) in [5, 5.41) is 0. The molecule has 1 atom stereocenters. The van der Waals surface area contributed by atoms with Gasteiger partial charge in [0.15, 0.2) is 0 Å². The van der Waals surface area contributed by atoms with Crippen LogP contribution < -0.4 is 11.3 Å². The molecule has 102 valence electrons. The lowest BCUT2D eigenvalue weighted by Gasteiger charge is -2.14. The third kappa shape index (κ3) is 5.21. The highest BCUT2D eigenvalue weighted by molar-refractivity contribution is 9.11. The lowest BCUT2D eigenvalue weighted by atomic mass is 10.2. The maximum Gasteiger partial charge on any atom is 0.0701 e. The summed E-state index contributed by atoms with van der Waals surface area (Å²) in [6.45, 7) is 0. The Balaban J connectivity index is 1.89. The van der Waals surface area contributed by atoms with Gasteiger partial charge < -0.3 is 0 Å². The Morgan fingerprint density at radius 2 is 2.11 bits per heavy atom. The van der Waals surface area contributed by atoms with E-state index in [1.807, 2.05) is 23.9 Å². The molecule has 0 radical (unpaired) electrons. The fourth-order valence-electron chi connectivity index (χ4n) is 1.62. The number of benzene rings is 1. The molecule has 0 bridgehead atoms. The van der Waals surface area contributed by atoms with Crippen LogP contribution in [0.2, 0.25) is 0 Å². The lowest BCUT2D eigenvalue weighted by Crippen LogP contribution is -2.38. The molecule has 2 nitrogen and oxygen atoms in total. The summed E-state index contributed by atoms with van der Waals surface area (Å²) in [7, 11) is 0. The number of hydrogen-bond acceptors (Lipinski definition) is 4. The molecule has 19 heavy (non-hydrogen) atoms.